The predicted molar refractivity (Wildman–Crippen MR) is 59.8 cm³/mol. The molecule has 4 nitrogen and oxygen atoms in total. The Morgan fingerprint density at radius 1 is 1.27 bits per heavy atom. The molecular weight excluding hydrogens is 214 g/mol. The molecule has 0 saturated carbocycles. The molecule has 0 unspecified atom stereocenters. The molecule has 1 amide bonds. The van der Waals surface area contributed by atoms with Crippen molar-refractivity contribution in [1.29, 1.82) is 0 Å². The third-order valence-electron chi connectivity index (χ3n) is 2.21. The first-order valence-electron chi connectivity index (χ1n) is 5.25. The second kappa shape index (κ2) is 6.71. The van der Waals surface area contributed by atoms with Gasteiger partial charge in [-0.25, -0.2) is 0 Å². The fourth-order valence-electron chi connectivity index (χ4n) is 1.41. The molecule has 0 aromatic heterocycles. The van der Waals surface area contributed by atoms with Crippen LogP contribution in [0.3, 0.4) is 0 Å². The van der Waals surface area contributed by atoms with Crippen molar-refractivity contribution in [2.75, 3.05) is 31.2 Å². The van der Waals surface area contributed by atoms with Crippen LogP contribution in [0.25, 0.3) is 0 Å². The Labute approximate surface area is 94.3 Å². The number of ether oxygens (including phenoxy) is 1. The van der Waals surface area contributed by atoms with Gasteiger partial charge in [-0.2, -0.15) is 11.8 Å². The summed E-state index contributed by atoms with van der Waals surface area (Å²) in [4.78, 5) is 24.5. The minimum Gasteiger partial charge on any atom is -0.466 e. The van der Waals surface area contributed by atoms with E-state index in [1.54, 1.807) is 6.92 Å². The fraction of sp³-hybridized carbons (Fsp3) is 0.800. The van der Waals surface area contributed by atoms with Gasteiger partial charge in [0.25, 0.3) is 0 Å². The highest BCUT2D eigenvalue weighted by Gasteiger charge is 2.17. The van der Waals surface area contributed by atoms with Gasteiger partial charge in [0.15, 0.2) is 0 Å². The zero-order valence-corrected chi connectivity index (χ0v) is 9.85. The molecule has 1 rings (SSSR count). The van der Waals surface area contributed by atoms with Gasteiger partial charge >= 0.3 is 5.97 Å². The average Bonchev–Trinajstić information content (AvgIpc) is 2.27. The number of amides is 1. The largest absolute Gasteiger partial charge is 0.466 e. The van der Waals surface area contributed by atoms with Gasteiger partial charge < -0.3 is 9.64 Å². The third-order valence-corrected chi connectivity index (χ3v) is 3.15. The van der Waals surface area contributed by atoms with E-state index < -0.39 is 0 Å². The van der Waals surface area contributed by atoms with E-state index >= 15 is 0 Å². The Bertz CT molecular complexity index is 227. The molecule has 1 aliphatic rings. The lowest BCUT2D eigenvalue weighted by atomic mass is 10.2. The number of nitrogens with zero attached hydrogens (tertiary/aromatic N) is 1. The van der Waals surface area contributed by atoms with Crippen LogP contribution < -0.4 is 0 Å². The van der Waals surface area contributed by atoms with Gasteiger partial charge in [0.1, 0.15) is 0 Å². The molecule has 0 aliphatic carbocycles. The Kier molecular flexibility index (Phi) is 5.53. The second-order valence-electron chi connectivity index (χ2n) is 3.30. The van der Waals surface area contributed by atoms with Crippen LogP contribution >= 0.6 is 11.8 Å². The quantitative estimate of drug-likeness (QED) is 0.675. The lowest BCUT2D eigenvalue weighted by molar-refractivity contribution is -0.145. The van der Waals surface area contributed by atoms with E-state index in [1.807, 2.05) is 16.7 Å². The van der Waals surface area contributed by atoms with E-state index in [-0.39, 0.29) is 24.7 Å². The van der Waals surface area contributed by atoms with Crippen LogP contribution in [-0.4, -0.2) is 48.0 Å². The highest BCUT2D eigenvalue weighted by atomic mass is 32.2. The van der Waals surface area contributed by atoms with Gasteiger partial charge in [0.2, 0.25) is 5.91 Å². The van der Waals surface area contributed by atoms with E-state index in [0.29, 0.717) is 6.61 Å². The van der Waals surface area contributed by atoms with Crippen LogP contribution in [0, 0.1) is 0 Å². The standard InChI is InChI=1S/C10H17NO3S/c1-2-14-10(13)4-3-9(12)11-5-7-15-8-6-11/h2-8H2,1H3. The number of thioether (sulfide) groups is 1. The first-order valence-corrected chi connectivity index (χ1v) is 6.40. The summed E-state index contributed by atoms with van der Waals surface area (Å²) in [6, 6.07) is 0. The number of hydrogen-bond acceptors (Lipinski definition) is 4. The molecule has 1 heterocycles. The average molecular weight is 231 g/mol. The molecule has 1 fully saturated rings. The SMILES string of the molecule is CCOC(=O)CCC(=O)N1CCSCC1. The van der Waals surface area contributed by atoms with Crippen LogP contribution in [0.15, 0.2) is 0 Å². The lowest BCUT2D eigenvalue weighted by Gasteiger charge is -2.26. The third kappa shape index (κ3) is 4.55. The van der Waals surface area contributed by atoms with Crippen molar-refractivity contribution in [2.24, 2.45) is 0 Å². The van der Waals surface area contributed by atoms with E-state index in [9.17, 15) is 9.59 Å². The molecular formula is C10H17NO3S. The van der Waals surface area contributed by atoms with Gasteiger partial charge in [-0.05, 0) is 6.92 Å². The molecule has 0 aromatic carbocycles. The number of esters is 1. The van der Waals surface area contributed by atoms with Crippen LogP contribution in [0.5, 0.6) is 0 Å². The Hall–Kier alpha value is -0.710. The van der Waals surface area contributed by atoms with Crippen LogP contribution in [0.2, 0.25) is 0 Å². The van der Waals surface area contributed by atoms with Gasteiger partial charge in [-0.1, -0.05) is 0 Å². The van der Waals surface area contributed by atoms with Crippen molar-refractivity contribution in [3.63, 3.8) is 0 Å². The van der Waals surface area contributed by atoms with Crippen molar-refractivity contribution < 1.29 is 14.3 Å². The molecule has 0 aromatic rings. The van der Waals surface area contributed by atoms with E-state index in [2.05, 4.69) is 0 Å². The predicted octanol–water partition coefficient (Wildman–Crippen LogP) is 0.905. The summed E-state index contributed by atoms with van der Waals surface area (Å²) in [5.41, 5.74) is 0. The maximum absolute atomic E-state index is 11.6. The summed E-state index contributed by atoms with van der Waals surface area (Å²) >= 11 is 1.86. The van der Waals surface area contributed by atoms with Gasteiger partial charge in [-0.3, -0.25) is 9.59 Å². The summed E-state index contributed by atoms with van der Waals surface area (Å²) < 4.78 is 4.77. The van der Waals surface area contributed by atoms with E-state index in [4.69, 9.17) is 4.74 Å². The summed E-state index contributed by atoms with van der Waals surface area (Å²) in [7, 11) is 0. The van der Waals surface area contributed by atoms with Gasteiger partial charge in [0, 0.05) is 31.0 Å². The number of hydrogen-bond donors (Lipinski definition) is 0. The normalized spacial score (nSPS) is 16.2. The highest BCUT2D eigenvalue weighted by molar-refractivity contribution is 7.99. The highest BCUT2D eigenvalue weighted by Crippen LogP contribution is 2.10. The molecule has 0 atom stereocenters. The van der Waals surface area contributed by atoms with Gasteiger partial charge in [0.05, 0.1) is 13.0 Å². The molecule has 0 bridgehead atoms. The molecule has 5 heteroatoms. The zero-order chi connectivity index (χ0) is 11.1. The Morgan fingerprint density at radius 2 is 1.93 bits per heavy atom. The first-order chi connectivity index (χ1) is 7.24. The summed E-state index contributed by atoms with van der Waals surface area (Å²) in [5.74, 6) is 1.80. The van der Waals surface area contributed by atoms with Crippen LogP contribution in [0.1, 0.15) is 19.8 Å². The number of carbonyl (C=O) groups is 2. The van der Waals surface area contributed by atoms with Crippen LogP contribution in [0.4, 0.5) is 0 Å². The second-order valence-corrected chi connectivity index (χ2v) is 4.52. The van der Waals surface area contributed by atoms with Crippen LogP contribution in [-0.2, 0) is 14.3 Å². The van der Waals surface area contributed by atoms with Gasteiger partial charge in [-0.15, -0.1) is 0 Å². The van der Waals surface area contributed by atoms with Crippen molar-refractivity contribution in [2.45, 2.75) is 19.8 Å². The summed E-state index contributed by atoms with van der Waals surface area (Å²) in [5, 5.41) is 0. The van der Waals surface area contributed by atoms with E-state index in [0.717, 1.165) is 24.6 Å². The molecule has 86 valence electrons. The summed E-state index contributed by atoms with van der Waals surface area (Å²) in [6.07, 6.45) is 0.486. The molecule has 0 N–H and O–H groups in total. The molecule has 1 aliphatic heterocycles. The fourth-order valence-corrected chi connectivity index (χ4v) is 2.32. The minimum absolute atomic E-state index is 0.0725. The topological polar surface area (TPSA) is 46.6 Å². The van der Waals surface area contributed by atoms with Crippen molar-refractivity contribution in [3.8, 4) is 0 Å². The van der Waals surface area contributed by atoms with Crippen molar-refractivity contribution in [3.05, 3.63) is 0 Å². The monoisotopic (exact) mass is 231 g/mol. The smallest absolute Gasteiger partial charge is 0.306 e. The minimum atomic E-state index is -0.280. The van der Waals surface area contributed by atoms with Crippen molar-refractivity contribution in [1.82, 2.24) is 4.90 Å². The van der Waals surface area contributed by atoms with E-state index in [1.165, 1.54) is 0 Å². The first kappa shape index (κ1) is 12.4. The number of carbonyl (C=O) groups excluding carboxylic acids is 2. The lowest BCUT2D eigenvalue weighted by Crippen LogP contribution is -2.38. The zero-order valence-electron chi connectivity index (χ0n) is 9.03. The maximum atomic E-state index is 11.6. The molecule has 1 saturated heterocycles. The molecule has 0 spiro atoms. The molecule has 0 radical (unpaired) electrons. The Balaban J connectivity index is 2.19. The number of rotatable bonds is 4. The van der Waals surface area contributed by atoms with Crippen molar-refractivity contribution >= 4 is 23.6 Å². The maximum Gasteiger partial charge on any atom is 0.306 e. The Morgan fingerprint density at radius 3 is 2.53 bits per heavy atom. The molecule has 15 heavy (non-hydrogen) atoms. The summed E-state index contributed by atoms with van der Waals surface area (Å²) in [6.45, 7) is 3.77.